The number of carbonyl (C=O) groups is 2. The molecular weight excluding hydrogens is 468 g/mol. The standard InChI is InChI=1S/C26H27ClN4O4/c1-3-19-15-23(32)30-24(28-19)17-5-4-6-20(13-17)29-25(33)16-9-11-31(12-10-16)26(34)21-14-18(27)7-8-22(21)35-2/h4-8,13-16H,3,9-12H2,1-2H3,(H,29,33)(H,28,30,32). The van der Waals surface area contributed by atoms with E-state index in [4.69, 9.17) is 16.3 Å². The highest BCUT2D eigenvalue weighted by Crippen LogP contribution is 2.27. The molecule has 3 aromatic rings. The van der Waals surface area contributed by atoms with Crippen molar-refractivity contribution in [3.05, 3.63) is 75.2 Å². The second-order valence-corrected chi connectivity index (χ2v) is 8.86. The zero-order chi connectivity index (χ0) is 24.9. The molecule has 1 aliphatic rings. The lowest BCUT2D eigenvalue weighted by Crippen LogP contribution is -2.41. The number of hydrogen-bond acceptors (Lipinski definition) is 5. The molecule has 35 heavy (non-hydrogen) atoms. The third-order valence-corrected chi connectivity index (χ3v) is 6.34. The first-order valence-electron chi connectivity index (χ1n) is 11.5. The summed E-state index contributed by atoms with van der Waals surface area (Å²) in [6, 6.07) is 13.7. The van der Waals surface area contributed by atoms with Crippen molar-refractivity contribution in [3.63, 3.8) is 0 Å². The number of ether oxygens (including phenoxy) is 1. The second kappa shape index (κ2) is 10.7. The van der Waals surface area contributed by atoms with E-state index in [0.717, 1.165) is 0 Å². The van der Waals surface area contributed by atoms with Crippen LogP contribution in [0.5, 0.6) is 5.75 Å². The molecule has 1 fully saturated rings. The SMILES string of the molecule is CCc1cc(=O)[nH]c(-c2cccc(NC(=O)C3CCN(C(=O)c4cc(Cl)ccc4OC)CC3)c2)n1. The van der Waals surface area contributed by atoms with Gasteiger partial charge in [-0.15, -0.1) is 0 Å². The molecule has 2 heterocycles. The van der Waals surface area contributed by atoms with Crippen molar-refractivity contribution in [2.45, 2.75) is 26.2 Å². The molecule has 9 heteroatoms. The molecule has 4 rings (SSSR count). The van der Waals surface area contributed by atoms with Crippen LogP contribution in [0, 0.1) is 5.92 Å². The summed E-state index contributed by atoms with van der Waals surface area (Å²) in [6.07, 6.45) is 1.75. The van der Waals surface area contributed by atoms with Crippen LogP contribution >= 0.6 is 11.6 Å². The fourth-order valence-electron chi connectivity index (χ4n) is 4.18. The second-order valence-electron chi connectivity index (χ2n) is 8.42. The smallest absolute Gasteiger partial charge is 0.257 e. The highest BCUT2D eigenvalue weighted by atomic mass is 35.5. The summed E-state index contributed by atoms with van der Waals surface area (Å²) < 4.78 is 5.30. The van der Waals surface area contributed by atoms with Gasteiger partial charge in [0.15, 0.2) is 0 Å². The molecule has 0 aliphatic carbocycles. The average molecular weight is 495 g/mol. The number of amides is 2. The van der Waals surface area contributed by atoms with Gasteiger partial charge in [-0.05, 0) is 49.6 Å². The highest BCUT2D eigenvalue weighted by Gasteiger charge is 2.29. The van der Waals surface area contributed by atoms with E-state index in [-0.39, 0.29) is 23.3 Å². The maximum Gasteiger partial charge on any atom is 0.257 e. The summed E-state index contributed by atoms with van der Waals surface area (Å²) in [5, 5.41) is 3.43. The quantitative estimate of drug-likeness (QED) is 0.535. The van der Waals surface area contributed by atoms with Gasteiger partial charge in [0.1, 0.15) is 11.6 Å². The maximum atomic E-state index is 13.0. The van der Waals surface area contributed by atoms with Gasteiger partial charge >= 0.3 is 0 Å². The van der Waals surface area contributed by atoms with Gasteiger partial charge in [-0.3, -0.25) is 14.4 Å². The summed E-state index contributed by atoms with van der Waals surface area (Å²) in [4.78, 5) is 46.8. The van der Waals surface area contributed by atoms with E-state index < -0.39 is 0 Å². The number of anilines is 1. The van der Waals surface area contributed by atoms with Crippen molar-refractivity contribution in [1.29, 1.82) is 0 Å². The molecule has 0 spiro atoms. The molecule has 0 unspecified atom stereocenters. The van der Waals surface area contributed by atoms with Crippen LogP contribution in [0.2, 0.25) is 5.02 Å². The summed E-state index contributed by atoms with van der Waals surface area (Å²) in [5.41, 5.74) is 2.25. The molecule has 8 nitrogen and oxygen atoms in total. The Hall–Kier alpha value is -3.65. The zero-order valence-electron chi connectivity index (χ0n) is 19.6. The topological polar surface area (TPSA) is 104 Å². The van der Waals surface area contributed by atoms with Crippen LogP contribution in [-0.2, 0) is 11.2 Å². The third-order valence-electron chi connectivity index (χ3n) is 6.11. The Kier molecular flexibility index (Phi) is 7.51. The number of carbonyl (C=O) groups excluding carboxylic acids is 2. The Balaban J connectivity index is 1.40. The Morgan fingerprint density at radius 1 is 1.17 bits per heavy atom. The van der Waals surface area contributed by atoms with E-state index in [1.54, 1.807) is 35.2 Å². The molecule has 2 aromatic carbocycles. The normalized spacial score (nSPS) is 14.0. The molecule has 0 bridgehead atoms. The van der Waals surface area contributed by atoms with E-state index in [0.29, 0.717) is 71.5 Å². The van der Waals surface area contributed by atoms with Gasteiger partial charge in [-0.2, -0.15) is 0 Å². The molecule has 1 aliphatic heterocycles. The lowest BCUT2D eigenvalue weighted by molar-refractivity contribution is -0.121. The molecule has 1 aromatic heterocycles. The summed E-state index contributed by atoms with van der Waals surface area (Å²) in [7, 11) is 1.51. The number of benzene rings is 2. The molecule has 182 valence electrons. The van der Waals surface area contributed by atoms with Crippen LogP contribution < -0.4 is 15.6 Å². The van der Waals surface area contributed by atoms with E-state index in [2.05, 4.69) is 15.3 Å². The van der Waals surface area contributed by atoms with Crippen molar-refractivity contribution >= 4 is 29.1 Å². The van der Waals surface area contributed by atoms with Crippen LogP contribution in [0.25, 0.3) is 11.4 Å². The number of likely N-dealkylation sites (tertiary alicyclic amines) is 1. The number of rotatable bonds is 6. The fraction of sp³-hybridized carbons (Fsp3) is 0.308. The average Bonchev–Trinajstić information content (AvgIpc) is 2.88. The van der Waals surface area contributed by atoms with Gasteiger partial charge in [0.05, 0.1) is 12.7 Å². The van der Waals surface area contributed by atoms with E-state index in [9.17, 15) is 14.4 Å². The van der Waals surface area contributed by atoms with Crippen molar-refractivity contribution in [1.82, 2.24) is 14.9 Å². The van der Waals surface area contributed by atoms with Gasteiger partial charge < -0.3 is 19.9 Å². The van der Waals surface area contributed by atoms with Crippen LogP contribution in [-0.4, -0.2) is 46.9 Å². The number of H-pyrrole nitrogens is 1. The van der Waals surface area contributed by atoms with Crippen LogP contribution in [0.15, 0.2) is 53.3 Å². The molecule has 0 radical (unpaired) electrons. The number of hydrogen-bond donors (Lipinski definition) is 2. The monoisotopic (exact) mass is 494 g/mol. The van der Waals surface area contributed by atoms with Gasteiger partial charge in [0.25, 0.3) is 11.5 Å². The molecular formula is C26H27ClN4O4. The Bertz CT molecular complexity index is 1300. The minimum absolute atomic E-state index is 0.0988. The minimum Gasteiger partial charge on any atom is -0.496 e. The number of nitrogens with one attached hydrogen (secondary N) is 2. The van der Waals surface area contributed by atoms with Crippen molar-refractivity contribution in [2.24, 2.45) is 5.92 Å². The van der Waals surface area contributed by atoms with E-state index in [1.165, 1.54) is 13.2 Å². The number of aromatic nitrogens is 2. The molecule has 2 N–H and O–H groups in total. The Morgan fingerprint density at radius 2 is 1.94 bits per heavy atom. The van der Waals surface area contributed by atoms with E-state index in [1.807, 2.05) is 19.1 Å². The first kappa shape index (κ1) is 24.5. The number of nitrogens with zero attached hydrogens (tertiary/aromatic N) is 2. The predicted octanol–water partition coefficient (Wildman–Crippen LogP) is 4.15. The van der Waals surface area contributed by atoms with Crippen molar-refractivity contribution in [3.8, 4) is 17.1 Å². The van der Waals surface area contributed by atoms with Crippen LogP contribution in [0.3, 0.4) is 0 Å². The Labute approximate surface area is 208 Å². The fourth-order valence-corrected chi connectivity index (χ4v) is 4.35. The molecule has 0 saturated carbocycles. The summed E-state index contributed by atoms with van der Waals surface area (Å²) in [6.45, 7) is 2.86. The van der Waals surface area contributed by atoms with E-state index >= 15 is 0 Å². The third kappa shape index (κ3) is 5.71. The van der Waals surface area contributed by atoms with Crippen molar-refractivity contribution < 1.29 is 14.3 Å². The molecule has 1 saturated heterocycles. The molecule has 0 atom stereocenters. The number of piperidine rings is 1. The van der Waals surface area contributed by atoms with Crippen molar-refractivity contribution in [2.75, 3.05) is 25.5 Å². The summed E-state index contributed by atoms with van der Waals surface area (Å²) in [5.74, 6) is 0.462. The maximum absolute atomic E-state index is 13.0. The Morgan fingerprint density at radius 3 is 2.66 bits per heavy atom. The number of halogens is 1. The van der Waals surface area contributed by atoms with Crippen LogP contribution in [0.1, 0.15) is 35.8 Å². The van der Waals surface area contributed by atoms with Gasteiger partial charge in [-0.25, -0.2) is 4.98 Å². The number of aromatic amines is 1. The number of aryl methyl sites for hydroxylation is 1. The number of methoxy groups -OCH3 is 1. The lowest BCUT2D eigenvalue weighted by Gasteiger charge is -2.31. The lowest BCUT2D eigenvalue weighted by atomic mass is 9.95. The first-order valence-corrected chi connectivity index (χ1v) is 11.9. The summed E-state index contributed by atoms with van der Waals surface area (Å²) >= 11 is 6.07. The predicted molar refractivity (Wildman–Crippen MR) is 135 cm³/mol. The van der Waals surface area contributed by atoms with Crippen LogP contribution in [0.4, 0.5) is 5.69 Å². The molecule has 2 amide bonds. The van der Waals surface area contributed by atoms with Gasteiger partial charge in [-0.1, -0.05) is 30.7 Å². The first-order chi connectivity index (χ1) is 16.9. The zero-order valence-corrected chi connectivity index (χ0v) is 20.4. The van der Waals surface area contributed by atoms with Gasteiger partial charge in [0.2, 0.25) is 5.91 Å². The highest BCUT2D eigenvalue weighted by molar-refractivity contribution is 6.31. The minimum atomic E-state index is -0.217. The largest absolute Gasteiger partial charge is 0.496 e. The van der Waals surface area contributed by atoms with Gasteiger partial charge in [0, 0.05) is 47.0 Å².